The van der Waals surface area contributed by atoms with Crippen molar-refractivity contribution in [3.8, 4) is 0 Å². The zero-order valence-corrected chi connectivity index (χ0v) is 15.4. The summed E-state index contributed by atoms with van der Waals surface area (Å²) in [6.07, 6.45) is 4.24. The summed E-state index contributed by atoms with van der Waals surface area (Å²) >= 11 is 0. The molecule has 1 atom stereocenters. The number of anilines is 1. The largest absolute Gasteiger partial charge is 0.370 e. The number of rotatable bonds is 6. The number of likely N-dealkylation sites (tertiary alicyclic amines) is 1. The maximum Gasteiger partial charge on any atom is 0.251 e. The van der Waals surface area contributed by atoms with Crippen LogP contribution in [-0.4, -0.2) is 35.8 Å². The molecule has 4 rings (SSSR count). The molecular weight excluding hydrogens is 338 g/mol. The fourth-order valence-corrected chi connectivity index (χ4v) is 3.47. The number of hydrogen-bond donors (Lipinski definition) is 2. The zero-order valence-electron chi connectivity index (χ0n) is 15.4. The van der Waals surface area contributed by atoms with Gasteiger partial charge < -0.3 is 15.5 Å². The van der Waals surface area contributed by atoms with Crippen molar-refractivity contribution in [1.82, 2.24) is 10.2 Å². The molecule has 2 N–H and O–H groups in total. The van der Waals surface area contributed by atoms with Crippen molar-refractivity contribution < 1.29 is 9.59 Å². The number of hydrogen-bond acceptors (Lipinski definition) is 3. The Kier molecular flexibility index (Phi) is 5.10. The zero-order chi connectivity index (χ0) is 18.6. The van der Waals surface area contributed by atoms with Gasteiger partial charge in [0.1, 0.15) is 6.04 Å². The van der Waals surface area contributed by atoms with E-state index in [9.17, 15) is 9.59 Å². The molecule has 5 nitrogen and oxygen atoms in total. The highest BCUT2D eigenvalue weighted by atomic mass is 16.2. The predicted octanol–water partition coefficient (Wildman–Crippen LogP) is 3.35. The minimum Gasteiger partial charge on any atom is -0.370 e. The third-order valence-electron chi connectivity index (χ3n) is 5.15. The molecule has 1 saturated carbocycles. The molecule has 0 unspecified atom stereocenters. The third kappa shape index (κ3) is 4.30. The lowest BCUT2D eigenvalue weighted by atomic mass is 10.0. The van der Waals surface area contributed by atoms with Crippen LogP contribution in [0.2, 0.25) is 0 Å². The number of benzene rings is 2. The van der Waals surface area contributed by atoms with E-state index in [1.807, 2.05) is 59.5 Å². The number of amides is 2. The van der Waals surface area contributed by atoms with E-state index < -0.39 is 6.04 Å². The molecule has 0 radical (unpaired) electrons. The van der Waals surface area contributed by atoms with E-state index in [0.717, 1.165) is 50.0 Å². The average Bonchev–Trinajstić information content (AvgIpc) is 3.35. The summed E-state index contributed by atoms with van der Waals surface area (Å²) in [5, 5.41) is 6.37. The van der Waals surface area contributed by atoms with Gasteiger partial charge in [0.25, 0.3) is 5.91 Å². The Morgan fingerprint density at radius 3 is 2.41 bits per heavy atom. The Labute approximate surface area is 159 Å². The highest BCUT2D eigenvalue weighted by Crippen LogP contribution is 2.25. The molecule has 5 heteroatoms. The van der Waals surface area contributed by atoms with Crippen molar-refractivity contribution >= 4 is 17.5 Å². The van der Waals surface area contributed by atoms with Crippen molar-refractivity contribution in [2.75, 3.05) is 18.4 Å². The first-order valence-corrected chi connectivity index (χ1v) is 9.72. The highest BCUT2D eigenvalue weighted by molar-refractivity contribution is 5.95. The van der Waals surface area contributed by atoms with E-state index in [4.69, 9.17) is 0 Å². The summed E-state index contributed by atoms with van der Waals surface area (Å²) in [6.45, 7) is 1.63. The van der Waals surface area contributed by atoms with Crippen molar-refractivity contribution in [2.24, 2.45) is 0 Å². The van der Waals surface area contributed by atoms with Crippen molar-refractivity contribution in [2.45, 2.75) is 37.8 Å². The molecule has 0 spiro atoms. The van der Waals surface area contributed by atoms with Gasteiger partial charge >= 0.3 is 0 Å². The van der Waals surface area contributed by atoms with E-state index >= 15 is 0 Å². The van der Waals surface area contributed by atoms with Gasteiger partial charge in [0.2, 0.25) is 5.91 Å². The Morgan fingerprint density at radius 2 is 1.70 bits per heavy atom. The first-order chi connectivity index (χ1) is 13.2. The lowest BCUT2D eigenvalue weighted by Crippen LogP contribution is -2.36. The van der Waals surface area contributed by atoms with Crippen LogP contribution in [0.1, 0.15) is 47.6 Å². The normalized spacial score (nSPS) is 17.4. The first kappa shape index (κ1) is 17.6. The second-order valence-corrected chi connectivity index (χ2v) is 7.35. The highest BCUT2D eigenvalue weighted by Gasteiger charge is 2.28. The molecule has 2 aliphatic rings. The van der Waals surface area contributed by atoms with Crippen LogP contribution in [0.4, 0.5) is 5.69 Å². The molecule has 0 bridgehead atoms. The molecule has 0 aromatic heterocycles. The number of carbonyl (C=O) groups excluding carboxylic acids is 2. The fourth-order valence-electron chi connectivity index (χ4n) is 3.47. The lowest BCUT2D eigenvalue weighted by molar-refractivity contribution is -0.131. The van der Waals surface area contributed by atoms with Crippen LogP contribution in [0.5, 0.6) is 0 Å². The molecule has 2 aromatic rings. The van der Waals surface area contributed by atoms with Gasteiger partial charge in [-0.15, -0.1) is 0 Å². The predicted molar refractivity (Wildman–Crippen MR) is 106 cm³/mol. The Morgan fingerprint density at radius 1 is 0.963 bits per heavy atom. The molecule has 1 saturated heterocycles. The molecule has 1 aliphatic heterocycles. The van der Waals surface area contributed by atoms with Gasteiger partial charge in [-0.05, 0) is 49.4 Å². The third-order valence-corrected chi connectivity index (χ3v) is 5.15. The minimum absolute atomic E-state index is 0.0525. The lowest BCUT2D eigenvalue weighted by Gasteiger charge is -2.25. The van der Waals surface area contributed by atoms with Crippen LogP contribution in [0.15, 0.2) is 54.6 Å². The summed E-state index contributed by atoms with van der Waals surface area (Å²) in [7, 11) is 0. The fraction of sp³-hybridized carbons (Fsp3) is 0.364. The van der Waals surface area contributed by atoms with Crippen LogP contribution < -0.4 is 10.6 Å². The van der Waals surface area contributed by atoms with E-state index in [1.165, 1.54) is 0 Å². The summed E-state index contributed by atoms with van der Waals surface area (Å²) in [6, 6.07) is 17.0. The van der Waals surface area contributed by atoms with Crippen LogP contribution >= 0.6 is 0 Å². The SMILES string of the molecule is O=C(NC1CC1)c1cccc(N[C@H](C(=O)N2CCCC2)c2ccccc2)c1. The van der Waals surface area contributed by atoms with E-state index in [0.29, 0.717) is 11.6 Å². The maximum absolute atomic E-state index is 13.1. The Bertz CT molecular complexity index is 811. The average molecular weight is 363 g/mol. The smallest absolute Gasteiger partial charge is 0.251 e. The van der Waals surface area contributed by atoms with Gasteiger partial charge in [0.05, 0.1) is 0 Å². The topological polar surface area (TPSA) is 61.4 Å². The molecule has 27 heavy (non-hydrogen) atoms. The molecular formula is C22H25N3O2. The molecule has 2 aromatic carbocycles. The number of carbonyl (C=O) groups is 2. The van der Waals surface area contributed by atoms with Gasteiger partial charge in [-0.3, -0.25) is 9.59 Å². The van der Waals surface area contributed by atoms with Gasteiger partial charge in [0.15, 0.2) is 0 Å². The van der Waals surface area contributed by atoms with Crippen LogP contribution in [0.3, 0.4) is 0 Å². The van der Waals surface area contributed by atoms with Crippen LogP contribution in [-0.2, 0) is 4.79 Å². The Balaban J connectivity index is 1.55. The number of nitrogens with zero attached hydrogens (tertiary/aromatic N) is 1. The molecule has 2 amide bonds. The molecule has 2 fully saturated rings. The van der Waals surface area contributed by atoms with Crippen LogP contribution in [0.25, 0.3) is 0 Å². The molecule has 1 heterocycles. The van der Waals surface area contributed by atoms with Gasteiger partial charge in [-0.25, -0.2) is 0 Å². The quantitative estimate of drug-likeness (QED) is 0.827. The second kappa shape index (κ2) is 7.82. The van der Waals surface area contributed by atoms with Gasteiger partial charge in [-0.1, -0.05) is 36.4 Å². The van der Waals surface area contributed by atoms with Gasteiger partial charge in [0, 0.05) is 30.4 Å². The summed E-state index contributed by atoms with van der Waals surface area (Å²) < 4.78 is 0. The van der Waals surface area contributed by atoms with Crippen molar-refractivity contribution in [1.29, 1.82) is 0 Å². The van der Waals surface area contributed by atoms with E-state index in [2.05, 4.69) is 10.6 Å². The first-order valence-electron chi connectivity index (χ1n) is 9.72. The number of nitrogens with one attached hydrogen (secondary N) is 2. The second-order valence-electron chi connectivity index (χ2n) is 7.35. The van der Waals surface area contributed by atoms with Gasteiger partial charge in [-0.2, -0.15) is 0 Å². The summed E-state index contributed by atoms with van der Waals surface area (Å²) in [5.41, 5.74) is 2.33. The summed E-state index contributed by atoms with van der Waals surface area (Å²) in [5.74, 6) is 0.0369. The molecule has 1 aliphatic carbocycles. The maximum atomic E-state index is 13.1. The van der Waals surface area contributed by atoms with Crippen molar-refractivity contribution in [3.63, 3.8) is 0 Å². The Hall–Kier alpha value is -2.82. The standard InChI is InChI=1S/C22H25N3O2/c26-21(24-18-11-12-18)17-9-6-10-19(15-17)23-20(16-7-2-1-3-8-16)22(27)25-13-4-5-14-25/h1-3,6-10,15,18,20,23H,4-5,11-14H2,(H,24,26)/t20-/m0/s1. The monoisotopic (exact) mass is 363 g/mol. The minimum atomic E-state index is -0.453. The molecule has 140 valence electrons. The van der Waals surface area contributed by atoms with E-state index in [-0.39, 0.29) is 11.8 Å². The summed E-state index contributed by atoms with van der Waals surface area (Å²) in [4.78, 5) is 27.4. The van der Waals surface area contributed by atoms with Crippen molar-refractivity contribution in [3.05, 3.63) is 65.7 Å². The van der Waals surface area contributed by atoms with E-state index in [1.54, 1.807) is 0 Å². The van der Waals surface area contributed by atoms with Crippen LogP contribution in [0, 0.1) is 0 Å².